The molecule has 1 heterocycles. The Bertz CT molecular complexity index is 761. The van der Waals surface area contributed by atoms with Crippen LogP contribution in [0.4, 0.5) is 5.69 Å². The normalized spacial score (nSPS) is 10.9. The van der Waals surface area contributed by atoms with Crippen molar-refractivity contribution in [3.63, 3.8) is 0 Å². The maximum absolute atomic E-state index is 11.5. The lowest BCUT2D eigenvalue weighted by Gasteiger charge is -2.04. The highest BCUT2D eigenvalue weighted by atomic mass is 16.5. The molecule has 0 saturated carbocycles. The maximum atomic E-state index is 11.5. The zero-order valence-corrected chi connectivity index (χ0v) is 9.40. The molecule has 0 radical (unpaired) electrons. The number of fused-ring (bicyclic) bond motifs is 3. The van der Waals surface area contributed by atoms with E-state index < -0.39 is 5.91 Å². The van der Waals surface area contributed by atoms with Crippen LogP contribution < -0.4 is 11.2 Å². The molecule has 0 unspecified atom stereocenters. The van der Waals surface area contributed by atoms with Crippen LogP contribution in [0.15, 0.2) is 36.5 Å². The van der Waals surface area contributed by atoms with Gasteiger partial charge < -0.3 is 10.7 Å². The van der Waals surface area contributed by atoms with E-state index in [2.05, 4.69) is 4.98 Å². The van der Waals surface area contributed by atoms with E-state index in [0.29, 0.717) is 16.6 Å². The molecule has 0 bridgehead atoms. The predicted octanol–water partition coefficient (Wildman–Crippen LogP) is 2.02. The first-order valence-corrected chi connectivity index (χ1v) is 5.45. The molecule has 1 aromatic heterocycles. The molecule has 0 aliphatic carbocycles. The molecule has 3 rings (SSSR count). The molecule has 3 aromatic rings. The summed E-state index contributed by atoms with van der Waals surface area (Å²) in [7, 11) is 0. The fraction of sp³-hybridized carbons (Fsp3) is 0. The number of hydroxylamine groups is 1. The standard InChI is InChI=1S/C13H11N3O2/c14-11-5-9-10(13(17)16-18)6-15-12(9)8-4-2-1-3-7(8)11/h1-6,15,18H,14H2,(H,16,17). The van der Waals surface area contributed by atoms with Gasteiger partial charge >= 0.3 is 0 Å². The highest BCUT2D eigenvalue weighted by Gasteiger charge is 2.14. The van der Waals surface area contributed by atoms with Crippen LogP contribution in [0.5, 0.6) is 0 Å². The Balaban J connectivity index is 2.45. The highest BCUT2D eigenvalue weighted by molar-refractivity contribution is 6.17. The van der Waals surface area contributed by atoms with Crippen molar-refractivity contribution in [2.24, 2.45) is 0 Å². The first kappa shape index (κ1) is 10.6. The average molecular weight is 241 g/mol. The Hall–Kier alpha value is -2.53. The number of hydrogen-bond donors (Lipinski definition) is 4. The Morgan fingerprint density at radius 3 is 2.67 bits per heavy atom. The summed E-state index contributed by atoms with van der Waals surface area (Å²) in [6.07, 6.45) is 1.56. The lowest BCUT2D eigenvalue weighted by atomic mass is 10.0. The van der Waals surface area contributed by atoms with Crippen molar-refractivity contribution in [3.8, 4) is 0 Å². The molecule has 18 heavy (non-hydrogen) atoms. The molecule has 0 spiro atoms. The largest absolute Gasteiger partial charge is 0.398 e. The van der Waals surface area contributed by atoms with Gasteiger partial charge in [0, 0.05) is 28.0 Å². The van der Waals surface area contributed by atoms with Gasteiger partial charge in [0.1, 0.15) is 0 Å². The van der Waals surface area contributed by atoms with Gasteiger partial charge in [-0.05, 0) is 6.07 Å². The van der Waals surface area contributed by atoms with Gasteiger partial charge in [0.05, 0.1) is 11.1 Å². The summed E-state index contributed by atoms with van der Waals surface area (Å²) in [6, 6.07) is 9.42. The monoisotopic (exact) mass is 241 g/mol. The van der Waals surface area contributed by atoms with Crippen molar-refractivity contribution in [1.82, 2.24) is 10.5 Å². The second kappa shape index (κ2) is 3.75. The van der Waals surface area contributed by atoms with Crippen molar-refractivity contribution in [1.29, 1.82) is 0 Å². The van der Waals surface area contributed by atoms with Gasteiger partial charge in [0.25, 0.3) is 5.91 Å². The number of aromatic amines is 1. The van der Waals surface area contributed by atoms with Crippen molar-refractivity contribution in [3.05, 3.63) is 42.1 Å². The fourth-order valence-corrected chi connectivity index (χ4v) is 2.24. The lowest BCUT2D eigenvalue weighted by Crippen LogP contribution is -2.18. The summed E-state index contributed by atoms with van der Waals surface area (Å²) < 4.78 is 0. The first-order chi connectivity index (χ1) is 8.72. The summed E-state index contributed by atoms with van der Waals surface area (Å²) >= 11 is 0. The summed E-state index contributed by atoms with van der Waals surface area (Å²) in [5.74, 6) is -0.559. The van der Waals surface area contributed by atoms with Crippen LogP contribution in [0, 0.1) is 0 Å². The van der Waals surface area contributed by atoms with Crippen LogP contribution in [0.1, 0.15) is 10.4 Å². The number of anilines is 1. The van der Waals surface area contributed by atoms with E-state index in [-0.39, 0.29) is 0 Å². The summed E-state index contributed by atoms with van der Waals surface area (Å²) in [5.41, 5.74) is 9.41. The van der Waals surface area contributed by atoms with Crippen molar-refractivity contribution in [2.45, 2.75) is 0 Å². The molecule has 0 aliphatic rings. The van der Waals surface area contributed by atoms with Crippen LogP contribution in [-0.4, -0.2) is 16.1 Å². The third-order valence-corrected chi connectivity index (χ3v) is 3.07. The molecule has 2 aromatic carbocycles. The number of carbonyl (C=O) groups excluding carboxylic acids is 1. The van der Waals surface area contributed by atoms with E-state index in [0.717, 1.165) is 16.3 Å². The smallest absolute Gasteiger partial charge is 0.276 e. The van der Waals surface area contributed by atoms with Crippen LogP contribution in [0.25, 0.3) is 21.7 Å². The summed E-state index contributed by atoms with van der Waals surface area (Å²) in [4.78, 5) is 14.6. The van der Waals surface area contributed by atoms with E-state index in [1.165, 1.54) is 0 Å². The van der Waals surface area contributed by atoms with E-state index in [1.807, 2.05) is 24.3 Å². The van der Waals surface area contributed by atoms with E-state index in [1.54, 1.807) is 17.7 Å². The molecule has 5 nitrogen and oxygen atoms in total. The molecule has 1 amide bonds. The van der Waals surface area contributed by atoms with Crippen LogP contribution in [0.2, 0.25) is 0 Å². The maximum Gasteiger partial charge on any atom is 0.276 e. The molecule has 5 heteroatoms. The number of hydrogen-bond acceptors (Lipinski definition) is 3. The second-order valence-corrected chi connectivity index (χ2v) is 4.08. The molecule has 0 saturated heterocycles. The van der Waals surface area contributed by atoms with E-state index in [9.17, 15) is 4.79 Å². The van der Waals surface area contributed by atoms with E-state index >= 15 is 0 Å². The minimum atomic E-state index is -0.559. The Morgan fingerprint density at radius 1 is 1.22 bits per heavy atom. The molecule has 0 fully saturated rings. The number of nitrogens with two attached hydrogens (primary N) is 1. The number of benzene rings is 2. The minimum absolute atomic E-state index is 0.366. The average Bonchev–Trinajstić information content (AvgIpc) is 2.82. The quantitative estimate of drug-likeness (QED) is 0.298. The number of aromatic nitrogens is 1. The minimum Gasteiger partial charge on any atom is -0.398 e. The van der Waals surface area contributed by atoms with Gasteiger partial charge in [0.2, 0.25) is 0 Å². The molecule has 0 aliphatic heterocycles. The number of amides is 1. The highest BCUT2D eigenvalue weighted by Crippen LogP contribution is 2.31. The molecular weight excluding hydrogens is 230 g/mol. The molecule has 90 valence electrons. The van der Waals surface area contributed by atoms with Crippen LogP contribution in [0.3, 0.4) is 0 Å². The van der Waals surface area contributed by atoms with Gasteiger partial charge in [-0.1, -0.05) is 24.3 Å². The zero-order chi connectivity index (χ0) is 12.7. The Morgan fingerprint density at radius 2 is 1.94 bits per heavy atom. The van der Waals surface area contributed by atoms with E-state index in [4.69, 9.17) is 10.9 Å². The van der Waals surface area contributed by atoms with Gasteiger partial charge in [-0.2, -0.15) is 0 Å². The van der Waals surface area contributed by atoms with Gasteiger partial charge in [-0.25, -0.2) is 5.48 Å². The third kappa shape index (κ3) is 1.34. The number of rotatable bonds is 1. The van der Waals surface area contributed by atoms with Gasteiger partial charge in [0.15, 0.2) is 0 Å². The first-order valence-electron chi connectivity index (χ1n) is 5.45. The SMILES string of the molecule is Nc1cc2c(C(=O)NO)c[nH]c2c2ccccc12. The van der Waals surface area contributed by atoms with Crippen molar-refractivity contribution < 1.29 is 10.0 Å². The number of nitrogen functional groups attached to an aromatic ring is 1. The molecule has 0 atom stereocenters. The number of carbonyl (C=O) groups is 1. The second-order valence-electron chi connectivity index (χ2n) is 4.08. The zero-order valence-electron chi connectivity index (χ0n) is 9.40. The number of nitrogens with one attached hydrogen (secondary N) is 2. The summed E-state index contributed by atoms with van der Waals surface area (Å²) in [5, 5.41) is 11.3. The summed E-state index contributed by atoms with van der Waals surface area (Å²) in [6.45, 7) is 0. The predicted molar refractivity (Wildman–Crippen MR) is 69.5 cm³/mol. The van der Waals surface area contributed by atoms with Gasteiger partial charge in [-0.15, -0.1) is 0 Å². The lowest BCUT2D eigenvalue weighted by molar-refractivity contribution is 0.0708. The number of H-pyrrole nitrogens is 1. The molecular formula is C13H11N3O2. The Kier molecular flexibility index (Phi) is 2.21. The van der Waals surface area contributed by atoms with Gasteiger partial charge in [-0.3, -0.25) is 10.0 Å². The van der Waals surface area contributed by atoms with Crippen molar-refractivity contribution in [2.75, 3.05) is 5.73 Å². The topological polar surface area (TPSA) is 91.1 Å². The van der Waals surface area contributed by atoms with Crippen LogP contribution in [-0.2, 0) is 0 Å². The van der Waals surface area contributed by atoms with Crippen LogP contribution >= 0.6 is 0 Å². The fourth-order valence-electron chi connectivity index (χ4n) is 2.24. The third-order valence-electron chi connectivity index (χ3n) is 3.07. The Labute approximate surface area is 102 Å². The molecule has 5 N–H and O–H groups in total. The van der Waals surface area contributed by atoms with Crippen molar-refractivity contribution >= 4 is 33.3 Å².